The van der Waals surface area contributed by atoms with Crippen LogP contribution in [0.3, 0.4) is 0 Å². The molecule has 1 aromatic carbocycles. The van der Waals surface area contributed by atoms with Crippen LogP contribution in [0.5, 0.6) is 11.5 Å². The predicted molar refractivity (Wildman–Crippen MR) is 130 cm³/mol. The second kappa shape index (κ2) is 11.3. The minimum Gasteiger partial charge on any atom is -0.493 e. The number of carbonyl (C=O) groups is 2. The zero-order chi connectivity index (χ0) is 24.1. The molecule has 0 amide bonds. The third-order valence-corrected chi connectivity index (χ3v) is 7.21. The fourth-order valence-electron chi connectivity index (χ4n) is 5.06. The van der Waals surface area contributed by atoms with Crippen LogP contribution in [0, 0.1) is 0 Å². The Kier molecular flexibility index (Phi) is 8.24. The first-order chi connectivity index (χ1) is 16.5. The van der Waals surface area contributed by atoms with Gasteiger partial charge in [0.25, 0.3) is 0 Å². The van der Waals surface area contributed by atoms with Crippen molar-refractivity contribution in [3.63, 3.8) is 0 Å². The average molecular weight is 472 g/mol. The highest BCUT2D eigenvalue weighted by atomic mass is 16.5. The van der Waals surface area contributed by atoms with Gasteiger partial charge in [0.2, 0.25) is 0 Å². The van der Waals surface area contributed by atoms with Gasteiger partial charge >= 0.3 is 0 Å². The minimum absolute atomic E-state index is 0.0945. The van der Waals surface area contributed by atoms with Crippen LogP contribution in [0.2, 0.25) is 0 Å². The van der Waals surface area contributed by atoms with Crippen LogP contribution in [0.25, 0.3) is 0 Å². The van der Waals surface area contributed by atoms with Gasteiger partial charge < -0.3 is 19.9 Å². The molecule has 0 atom stereocenters. The molecule has 3 fully saturated rings. The molecule has 1 aliphatic heterocycles. The lowest BCUT2D eigenvalue weighted by Crippen LogP contribution is -2.48. The fraction of sp³-hybridized carbons (Fsp3) is 0.615. The topological polar surface area (TPSA) is 91.3 Å². The summed E-state index contributed by atoms with van der Waals surface area (Å²) in [7, 11) is 3.24. The molecule has 186 valence electrons. The third kappa shape index (κ3) is 5.79. The third-order valence-electron chi connectivity index (χ3n) is 7.21. The molecule has 2 aliphatic carbocycles. The number of hydrogen-bond acceptors (Lipinski definition) is 8. The van der Waals surface area contributed by atoms with Crippen molar-refractivity contribution >= 4 is 11.6 Å². The van der Waals surface area contributed by atoms with E-state index in [-0.39, 0.29) is 29.7 Å². The number of aliphatic hydroxyl groups excluding tert-OH is 1. The predicted octanol–water partition coefficient (Wildman–Crippen LogP) is 1.68. The first-order valence-electron chi connectivity index (χ1n) is 12.3. The molecule has 0 bridgehead atoms. The van der Waals surface area contributed by atoms with Crippen molar-refractivity contribution in [1.29, 1.82) is 0 Å². The molecule has 2 N–H and O–H groups in total. The van der Waals surface area contributed by atoms with E-state index in [9.17, 15) is 9.59 Å². The Morgan fingerprint density at radius 3 is 1.94 bits per heavy atom. The number of allylic oxidation sites excluding steroid dienone is 1. The van der Waals surface area contributed by atoms with E-state index in [2.05, 4.69) is 15.1 Å². The Balaban J connectivity index is 1.34. The normalized spacial score (nSPS) is 22.1. The number of rotatable bonds is 10. The van der Waals surface area contributed by atoms with E-state index in [0.717, 1.165) is 57.7 Å². The fourth-order valence-corrected chi connectivity index (χ4v) is 5.06. The van der Waals surface area contributed by atoms with E-state index < -0.39 is 0 Å². The minimum atomic E-state index is -0.122. The molecular formula is C26H37N3O5. The van der Waals surface area contributed by atoms with Gasteiger partial charge in [-0.1, -0.05) is 0 Å². The summed E-state index contributed by atoms with van der Waals surface area (Å²) in [6, 6.07) is 3.99. The lowest BCUT2D eigenvalue weighted by atomic mass is 9.78. The van der Waals surface area contributed by atoms with Crippen LogP contribution in [0.4, 0.5) is 0 Å². The van der Waals surface area contributed by atoms with Gasteiger partial charge in [0.1, 0.15) is 0 Å². The number of aliphatic hydroxyl groups is 1. The Hall–Kier alpha value is -2.42. The van der Waals surface area contributed by atoms with Crippen molar-refractivity contribution in [1.82, 2.24) is 15.1 Å². The Morgan fingerprint density at radius 1 is 0.912 bits per heavy atom. The molecule has 0 spiro atoms. The average Bonchev–Trinajstić information content (AvgIpc) is 3.69. The molecule has 2 saturated carbocycles. The quantitative estimate of drug-likeness (QED) is 0.303. The summed E-state index contributed by atoms with van der Waals surface area (Å²) in [6.45, 7) is 6.32. The second-order valence-electron chi connectivity index (χ2n) is 9.48. The second-order valence-corrected chi connectivity index (χ2v) is 9.48. The molecule has 0 unspecified atom stereocenters. The van der Waals surface area contributed by atoms with Crippen molar-refractivity contribution in [2.75, 3.05) is 66.6 Å². The van der Waals surface area contributed by atoms with Crippen LogP contribution in [-0.2, 0) is 9.59 Å². The van der Waals surface area contributed by atoms with Gasteiger partial charge in [-0.05, 0) is 47.9 Å². The zero-order valence-electron chi connectivity index (χ0n) is 20.3. The van der Waals surface area contributed by atoms with Crippen molar-refractivity contribution in [3.8, 4) is 11.5 Å². The Bertz CT molecular complexity index is 899. The molecule has 4 rings (SSSR count). The Labute approximate surface area is 201 Å². The molecule has 1 saturated heterocycles. The van der Waals surface area contributed by atoms with E-state index in [1.807, 2.05) is 12.1 Å². The number of carbonyl (C=O) groups excluding carboxylic acids is 2. The van der Waals surface area contributed by atoms with E-state index in [1.165, 1.54) is 5.56 Å². The summed E-state index contributed by atoms with van der Waals surface area (Å²) < 4.78 is 11.0. The largest absolute Gasteiger partial charge is 0.493 e. The van der Waals surface area contributed by atoms with Crippen LogP contribution >= 0.6 is 0 Å². The lowest BCUT2D eigenvalue weighted by Gasteiger charge is -2.34. The number of β-amino-alcohol motifs (C(OH)–C–C–N with tert-alkyl or cyclic N) is 1. The summed E-state index contributed by atoms with van der Waals surface area (Å²) in [5.74, 6) is 1.50. The SMILES string of the molecule is COc1cc(C2CC2)c(C2CC(=O)C(=CNCCN3CCN(CCO)CC3)C(=O)C2)cc1OC. The van der Waals surface area contributed by atoms with Crippen LogP contribution in [-0.4, -0.2) is 93.1 Å². The molecule has 0 radical (unpaired) electrons. The number of ether oxygens (including phenoxy) is 2. The Morgan fingerprint density at radius 2 is 1.44 bits per heavy atom. The molecule has 8 heteroatoms. The maximum Gasteiger partial charge on any atom is 0.168 e. The van der Waals surface area contributed by atoms with Crippen molar-refractivity contribution in [2.45, 2.75) is 37.5 Å². The highest BCUT2D eigenvalue weighted by Crippen LogP contribution is 2.48. The zero-order valence-corrected chi connectivity index (χ0v) is 20.3. The molecule has 1 heterocycles. The van der Waals surface area contributed by atoms with E-state index in [1.54, 1.807) is 20.4 Å². The van der Waals surface area contributed by atoms with Crippen LogP contribution in [0.1, 0.15) is 48.6 Å². The van der Waals surface area contributed by atoms with Crippen LogP contribution < -0.4 is 14.8 Å². The molecule has 8 nitrogen and oxygen atoms in total. The molecule has 34 heavy (non-hydrogen) atoms. The number of benzene rings is 1. The summed E-state index contributed by atoms with van der Waals surface area (Å²) in [5.41, 5.74) is 2.53. The lowest BCUT2D eigenvalue weighted by molar-refractivity contribution is -0.124. The monoisotopic (exact) mass is 471 g/mol. The number of piperazine rings is 1. The number of nitrogens with zero attached hydrogens (tertiary/aromatic N) is 2. The van der Waals surface area contributed by atoms with Gasteiger partial charge in [0.05, 0.1) is 26.4 Å². The van der Waals surface area contributed by atoms with Gasteiger partial charge in [-0.25, -0.2) is 0 Å². The molecule has 1 aromatic rings. The highest BCUT2D eigenvalue weighted by Gasteiger charge is 2.36. The molecule has 3 aliphatic rings. The van der Waals surface area contributed by atoms with Crippen molar-refractivity contribution in [2.24, 2.45) is 0 Å². The van der Waals surface area contributed by atoms with Gasteiger partial charge in [-0.15, -0.1) is 0 Å². The summed E-state index contributed by atoms with van der Waals surface area (Å²) >= 11 is 0. The van der Waals surface area contributed by atoms with Crippen LogP contribution in [0.15, 0.2) is 23.9 Å². The smallest absolute Gasteiger partial charge is 0.168 e. The highest BCUT2D eigenvalue weighted by molar-refractivity contribution is 6.22. The van der Waals surface area contributed by atoms with E-state index in [0.29, 0.717) is 36.8 Å². The number of methoxy groups -OCH3 is 2. The van der Waals surface area contributed by atoms with E-state index in [4.69, 9.17) is 14.6 Å². The number of ketones is 2. The number of hydrogen-bond donors (Lipinski definition) is 2. The molecule has 0 aromatic heterocycles. The summed E-state index contributed by atoms with van der Waals surface area (Å²) in [4.78, 5) is 30.5. The van der Waals surface area contributed by atoms with Gasteiger partial charge in [0, 0.05) is 64.9 Å². The standard InChI is InChI=1S/C26H37N3O5/c1-33-25-15-20(18-3-4-18)21(16-26(25)34-2)19-13-23(31)22(24(32)14-19)17-27-5-6-28-7-9-29(10-8-28)11-12-30/h15-19,27,30H,3-14H2,1-2H3. The van der Waals surface area contributed by atoms with Gasteiger partial charge in [0.15, 0.2) is 23.1 Å². The summed E-state index contributed by atoms with van der Waals surface area (Å²) in [5, 5.41) is 12.2. The van der Waals surface area contributed by atoms with Crippen molar-refractivity contribution < 1.29 is 24.2 Å². The first kappa shape index (κ1) is 24.7. The van der Waals surface area contributed by atoms with Crippen molar-refractivity contribution in [3.05, 3.63) is 35.0 Å². The maximum atomic E-state index is 12.9. The summed E-state index contributed by atoms with van der Waals surface area (Å²) in [6.07, 6.45) is 4.55. The number of nitrogens with one attached hydrogen (secondary N) is 1. The number of Topliss-reactive ketones (excluding diaryl/α,β-unsaturated/α-hetero) is 2. The van der Waals surface area contributed by atoms with Gasteiger partial charge in [-0.2, -0.15) is 0 Å². The molecular weight excluding hydrogens is 434 g/mol. The first-order valence-corrected chi connectivity index (χ1v) is 12.3. The maximum absolute atomic E-state index is 12.9. The van der Waals surface area contributed by atoms with Gasteiger partial charge in [-0.3, -0.25) is 19.4 Å². The van der Waals surface area contributed by atoms with E-state index >= 15 is 0 Å².